The molecule has 1 aromatic rings. The Morgan fingerprint density at radius 3 is 2.39 bits per heavy atom. The Hall–Kier alpha value is -1.44. The quantitative estimate of drug-likeness (QED) is 0.796. The normalized spacial score (nSPS) is 17.3. The summed E-state index contributed by atoms with van der Waals surface area (Å²) in [7, 11) is -4.03. The van der Waals surface area contributed by atoms with Crippen molar-refractivity contribution in [3.63, 3.8) is 0 Å². The lowest BCUT2D eigenvalue weighted by Gasteiger charge is -2.24. The van der Waals surface area contributed by atoms with Crippen LogP contribution in [0.3, 0.4) is 0 Å². The number of hydrogen-bond donors (Lipinski definition) is 0. The lowest BCUT2D eigenvalue weighted by atomic mass is 10.2. The van der Waals surface area contributed by atoms with Gasteiger partial charge in [-0.3, -0.25) is 0 Å². The van der Waals surface area contributed by atoms with E-state index in [1.807, 2.05) is 0 Å². The van der Waals surface area contributed by atoms with Crippen molar-refractivity contribution in [2.45, 2.75) is 0 Å². The van der Waals surface area contributed by atoms with Gasteiger partial charge in [-0.1, -0.05) is 18.2 Å². The fraction of sp³-hybridized carbons (Fsp3) is 0.364. The largest absolute Gasteiger partial charge is 0.388 e. The highest BCUT2D eigenvalue weighted by atomic mass is 32.2. The molecule has 1 heterocycles. The molecule has 0 N–H and O–H groups in total. The zero-order valence-corrected chi connectivity index (χ0v) is 10.4. The summed E-state index contributed by atoms with van der Waals surface area (Å²) in [6.45, 7) is 1.01. The van der Waals surface area contributed by atoms with E-state index < -0.39 is 16.3 Å². The van der Waals surface area contributed by atoms with Gasteiger partial charge in [0.05, 0.1) is 18.8 Å². The summed E-state index contributed by atoms with van der Waals surface area (Å²) in [5.41, 5.74) is 0.203. The van der Waals surface area contributed by atoms with Crippen molar-refractivity contribution >= 4 is 16.3 Å². The van der Waals surface area contributed by atoms with Crippen LogP contribution in [-0.4, -0.2) is 45.0 Å². The van der Waals surface area contributed by atoms with E-state index in [-0.39, 0.29) is 18.7 Å². The highest BCUT2D eigenvalue weighted by Gasteiger charge is 2.28. The first-order valence-electron chi connectivity index (χ1n) is 5.46. The van der Waals surface area contributed by atoms with Gasteiger partial charge in [0.2, 0.25) is 0 Å². The maximum Gasteiger partial charge on any atom is 0.388 e. The third-order valence-electron chi connectivity index (χ3n) is 2.48. The maximum absolute atomic E-state index is 11.8. The number of nitrogens with zero attached hydrogens (tertiary/aromatic N) is 1. The van der Waals surface area contributed by atoms with Crippen molar-refractivity contribution in [3.8, 4) is 0 Å². The van der Waals surface area contributed by atoms with Crippen LogP contribution in [0, 0.1) is 0 Å². The smallest absolute Gasteiger partial charge is 0.379 e. The average Bonchev–Trinajstić information content (AvgIpc) is 2.40. The van der Waals surface area contributed by atoms with E-state index in [9.17, 15) is 13.2 Å². The van der Waals surface area contributed by atoms with Gasteiger partial charge in [0, 0.05) is 13.1 Å². The molecule has 0 radical (unpaired) electrons. The van der Waals surface area contributed by atoms with Crippen molar-refractivity contribution < 1.29 is 22.1 Å². The zero-order chi connectivity index (χ0) is 13.0. The average molecular weight is 271 g/mol. The van der Waals surface area contributed by atoms with Crippen molar-refractivity contribution in [1.82, 2.24) is 4.31 Å². The molecule has 0 aromatic heterocycles. The van der Waals surface area contributed by atoms with Crippen molar-refractivity contribution in [2.24, 2.45) is 0 Å². The van der Waals surface area contributed by atoms with Crippen LogP contribution in [0.1, 0.15) is 10.4 Å². The Kier molecular flexibility index (Phi) is 3.95. The zero-order valence-electron chi connectivity index (χ0n) is 9.61. The maximum atomic E-state index is 11.8. The molecule has 98 valence electrons. The Balaban J connectivity index is 2.06. The molecule has 0 saturated carbocycles. The molecule has 1 aromatic carbocycles. The lowest BCUT2D eigenvalue weighted by molar-refractivity contribution is 0.0592. The van der Waals surface area contributed by atoms with Crippen LogP contribution in [0.2, 0.25) is 0 Å². The predicted molar refractivity (Wildman–Crippen MR) is 63.2 cm³/mol. The molecule has 7 heteroatoms. The van der Waals surface area contributed by atoms with E-state index in [0.29, 0.717) is 13.2 Å². The number of rotatable bonds is 3. The Morgan fingerprint density at radius 1 is 1.17 bits per heavy atom. The molecule has 18 heavy (non-hydrogen) atoms. The van der Waals surface area contributed by atoms with Gasteiger partial charge in [0.15, 0.2) is 0 Å². The highest BCUT2D eigenvalue weighted by Crippen LogP contribution is 2.10. The van der Waals surface area contributed by atoms with Crippen molar-refractivity contribution in [3.05, 3.63) is 35.9 Å². The minimum atomic E-state index is -4.03. The first kappa shape index (κ1) is 13.0. The number of benzene rings is 1. The second kappa shape index (κ2) is 5.47. The molecule has 6 nitrogen and oxygen atoms in total. The van der Waals surface area contributed by atoms with Gasteiger partial charge in [-0.15, -0.1) is 0 Å². The summed E-state index contributed by atoms with van der Waals surface area (Å²) >= 11 is 0. The minimum absolute atomic E-state index is 0.199. The van der Waals surface area contributed by atoms with E-state index in [1.165, 1.54) is 12.1 Å². The van der Waals surface area contributed by atoms with Crippen molar-refractivity contribution in [2.75, 3.05) is 26.3 Å². The molecule has 1 fully saturated rings. The predicted octanol–water partition coefficient (Wildman–Crippen LogP) is 0.420. The molecule has 0 unspecified atom stereocenters. The van der Waals surface area contributed by atoms with Gasteiger partial charge < -0.3 is 8.92 Å². The minimum Gasteiger partial charge on any atom is -0.379 e. The van der Waals surface area contributed by atoms with Gasteiger partial charge in [-0.25, -0.2) is 4.79 Å². The van der Waals surface area contributed by atoms with Crippen LogP contribution < -0.4 is 0 Å². The number of hydrogen-bond acceptors (Lipinski definition) is 5. The van der Waals surface area contributed by atoms with E-state index in [0.717, 1.165) is 4.31 Å². The first-order chi connectivity index (χ1) is 8.59. The molecular weight excluding hydrogens is 258 g/mol. The molecule has 0 bridgehead atoms. The fourth-order valence-corrected chi connectivity index (χ4v) is 2.53. The highest BCUT2D eigenvalue weighted by molar-refractivity contribution is 7.84. The third kappa shape index (κ3) is 3.06. The van der Waals surface area contributed by atoms with Crippen LogP contribution in [0.15, 0.2) is 30.3 Å². The number of carbonyl (C=O) groups excluding carboxylic acids is 1. The summed E-state index contributed by atoms with van der Waals surface area (Å²) < 4.78 is 34.3. The molecule has 0 atom stereocenters. The van der Waals surface area contributed by atoms with Gasteiger partial charge in [0.1, 0.15) is 0 Å². The third-order valence-corrected chi connectivity index (χ3v) is 3.84. The molecule has 1 aliphatic heterocycles. The van der Waals surface area contributed by atoms with Crippen molar-refractivity contribution in [1.29, 1.82) is 0 Å². The summed E-state index contributed by atoms with van der Waals surface area (Å²) in [6.07, 6.45) is 0. The van der Waals surface area contributed by atoms with E-state index >= 15 is 0 Å². The second-order valence-electron chi connectivity index (χ2n) is 3.71. The van der Waals surface area contributed by atoms with Gasteiger partial charge in [-0.2, -0.15) is 12.7 Å². The number of morpholine rings is 1. The van der Waals surface area contributed by atoms with E-state index in [4.69, 9.17) is 4.74 Å². The summed E-state index contributed by atoms with van der Waals surface area (Å²) in [5, 5.41) is 0. The standard InChI is InChI=1S/C11H13NO5S/c13-11(10-4-2-1-3-5-10)17-18(14,15)12-6-8-16-9-7-12/h1-5H,6-9H2. The SMILES string of the molecule is O=C(OS(=O)(=O)N1CCOCC1)c1ccccc1. The molecule has 1 saturated heterocycles. The van der Waals surface area contributed by atoms with Crippen LogP contribution >= 0.6 is 0 Å². The molecular formula is C11H13NO5S. The molecule has 0 amide bonds. The van der Waals surface area contributed by atoms with Crippen LogP contribution in [0.5, 0.6) is 0 Å². The number of ether oxygens (including phenoxy) is 1. The summed E-state index contributed by atoms with van der Waals surface area (Å²) in [4.78, 5) is 11.6. The van der Waals surface area contributed by atoms with E-state index in [2.05, 4.69) is 4.18 Å². The Bertz CT molecular complexity index is 507. The Morgan fingerprint density at radius 2 is 1.78 bits per heavy atom. The van der Waals surface area contributed by atoms with Gasteiger partial charge in [-0.05, 0) is 12.1 Å². The topological polar surface area (TPSA) is 72.9 Å². The van der Waals surface area contributed by atoms with Gasteiger partial charge in [0.25, 0.3) is 0 Å². The first-order valence-corrected chi connectivity index (χ1v) is 6.83. The fourth-order valence-electron chi connectivity index (χ4n) is 1.54. The van der Waals surface area contributed by atoms with Crippen LogP contribution in [0.25, 0.3) is 0 Å². The summed E-state index contributed by atoms with van der Waals surface area (Å²) in [5.74, 6) is -0.873. The monoisotopic (exact) mass is 271 g/mol. The molecule has 0 aliphatic carbocycles. The molecule has 0 spiro atoms. The van der Waals surface area contributed by atoms with Crippen LogP contribution in [-0.2, 0) is 19.2 Å². The molecule has 2 rings (SSSR count). The second-order valence-corrected chi connectivity index (χ2v) is 5.24. The molecule has 1 aliphatic rings. The van der Waals surface area contributed by atoms with E-state index in [1.54, 1.807) is 18.2 Å². The Labute approximate surface area is 105 Å². The van der Waals surface area contributed by atoms with Gasteiger partial charge >= 0.3 is 16.3 Å². The lowest BCUT2D eigenvalue weighted by Crippen LogP contribution is -2.42. The summed E-state index contributed by atoms with van der Waals surface area (Å²) in [6, 6.07) is 8.00. The van der Waals surface area contributed by atoms with Crippen LogP contribution in [0.4, 0.5) is 0 Å². The number of carbonyl (C=O) groups is 1.